The van der Waals surface area contributed by atoms with Gasteiger partial charge in [-0.3, -0.25) is 0 Å². The molecule has 5 heteroatoms. The first-order chi connectivity index (χ1) is 11.6. The van der Waals surface area contributed by atoms with Crippen molar-refractivity contribution in [3.8, 4) is 16.3 Å². The van der Waals surface area contributed by atoms with Gasteiger partial charge in [0.25, 0.3) is 0 Å². The number of nitrogens with zero attached hydrogens (tertiary/aromatic N) is 1. The van der Waals surface area contributed by atoms with Crippen LogP contribution < -0.4 is 9.84 Å². The number of carbonyl (C=O) groups excluding carboxylic acids is 1. The summed E-state index contributed by atoms with van der Waals surface area (Å²) < 4.78 is 5.76. The van der Waals surface area contributed by atoms with Crippen molar-refractivity contribution in [2.75, 3.05) is 0 Å². The molecule has 3 aromatic rings. The van der Waals surface area contributed by atoms with Crippen LogP contribution in [0, 0.1) is 6.92 Å². The minimum absolute atomic E-state index is 0.154. The normalized spacial score (nSPS) is 10.5. The molecule has 0 saturated heterocycles. The third kappa shape index (κ3) is 4.20. The zero-order valence-electron chi connectivity index (χ0n) is 13.2. The number of thiazole rings is 1. The third-order valence-corrected chi connectivity index (χ3v) is 4.44. The minimum atomic E-state index is -1.12. The molecule has 2 aromatic carbocycles. The van der Waals surface area contributed by atoms with Gasteiger partial charge < -0.3 is 14.6 Å². The average molecular weight is 338 g/mol. The van der Waals surface area contributed by atoms with E-state index in [9.17, 15) is 9.90 Å². The quantitative estimate of drug-likeness (QED) is 0.693. The second-order valence-corrected chi connectivity index (χ2v) is 6.35. The molecule has 0 aliphatic heterocycles. The summed E-state index contributed by atoms with van der Waals surface area (Å²) in [5, 5.41) is 13.2. The van der Waals surface area contributed by atoms with Crippen molar-refractivity contribution >= 4 is 17.3 Å². The van der Waals surface area contributed by atoms with E-state index in [2.05, 4.69) is 4.98 Å². The van der Waals surface area contributed by atoms with E-state index in [-0.39, 0.29) is 6.42 Å². The number of benzene rings is 2. The Bertz CT molecular complexity index is 823. The molecule has 1 heterocycles. The standard InChI is InChI=1S/C19H17NO3S/c1-13-2-8-17(9-3-13)23-11-14-4-6-15(7-5-14)19-20-16(12-24-19)10-18(21)22/h2-9,12H,10-11H2,1H3,(H,21,22)/p-1. The van der Waals surface area contributed by atoms with Gasteiger partial charge in [-0.25, -0.2) is 4.98 Å². The van der Waals surface area contributed by atoms with Crippen LogP contribution in [0.1, 0.15) is 16.8 Å². The van der Waals surface area contributed by atoms with Crippen LogP contribution in [-0.2, 0) is 17.8 Å². The smallest absolute Gasteiger partial charge is 0.123 e. The molecule has 0 aliphatic carbocycles. The van der Waals surface area contributed by atoms with Crippen molar-refractivity contribution in [3.63, 3.8) is 0 Å². The fourth-order valence-corrected chi connectivity index (χ4v) is 3.04. The monoisotopic (exact) mass is 338 g/mol. The topological polar surface area (TPSA) is 62.2 Å². The number of carboxylic acids is 1. The molecule has 1 aromatic heterocycles. The van der Waals surface area contributed by atoms with E-state index < -0.39 is 5.97 Å². The van der Waals surface area contributed by atoms with E-state index >= 15 is 0 Å². The Kier molecular flexibility index (Phi) is 4.91. The molecule has 0 amide bonds. The highest BCUT2D eigenvalue weighted by Gasteiger charge is 2.05. The molecular weight excluding hydrogens is 322 g/mol. The van der Waals surface area contributed by atoms with E-state index in [1.54, 1.807) is 5.38 Å². The summed E-state index contributed by atoms with van der Waals surface area (Å²) in [7, 11) is 0. The van der Waals surface area contributed by atoms with Crippen LogP contribution in [0.3, 0.4) is 0 Å². The van der Waals surface area contributed by atoms with E-state index in [1.807, 2.05) is 55.5 Å². The summed E-state index contributed by atoms with van der Waals surface area (Å²) in [6.07, 6.45) is -0.154. The number of aliphatic carboxylic acids is 1. The lowest BCUT2D eigenvalue weighted by Crippen LogP contribution is -2.24. The van der Waals surface area contributed by atoms with Gasteiger partial charge >= 0.3 is 0 Å². The van der Waals surface area contributed by atoms with Gasteiger partial charge in [-0.15, -0.1) is 11.3 Å². The second-order valence-electron chi connectivity index (χ2n) is 5.49. The van der Waals surface area contributed by atoms with Crippen LogP contribution in [0.25, 0.3) is 10.6 Å². The van der Waals surface area contributed by atoms with E-state index in [4.69, 9.17) is 4.74 Å². The van der Waals surface area contributed by atoms with Gasteiger partial charge in [0.2, 0.25) is 0 Å². The molecule has 3 rings (SSSR count). The highest BCUT2D eigenvalue weighted by molar-refractivity contribution is 7.13. The molecule has 0 saturated carbocycles. The lowest BCUT2D eigenvalue weighted by Gasteiger charge is -2.07. The maximum Gasteiger partial charge on any atom is 0.123 e. The maximum atomic E-state index is 10.6. The molecular formula is C19H16NO3S-. The summed E-state index contributed by atoms with van der Waals surface area (Å²) in [5.41, 5.74) is 3.75. The molecule has 0 atom stereocenters. The van der Waals surface area contributed by atoms with E-state index in [0.717, 1.165) is 21.9 Å². The Morgan fingerprint density at radius 2 is 1.83 bits per heavy atom. The van der Waals surface area contributed by atoms with Crippen molar-refractivity contribution in [3.05, 3.63) is 70.7 Å². The molecule has 0 aliphatic rings. The summed E-state index contributed by atoms with van der Waals surface area (Å²) in [5.74, 6) is -0.271. The van der Waals surface area contributed by atoms with Crippen molar-refractivity contribution in [2.24, 2.45) is 0 Å². The van der Waals surface area contributed by atoms with Crippen LogP contribution in [0.4, 0.5) is 0 Å². The van der Waals surface area contributed by atoms with E-state index in [1.165, 1.54) is 16.9 Å². The average Bonchev–Trinajstić information content (AvgIpc) is 3.02. The largest absolute Gasteiger partial charge is 0.550 e. The van der Waals surface area contributed by atoms with Crippen LogP contribution in [0.15, 0.2) is 53.9 Å². The van der Waals surface area contributed by atoms with Gasteiger partial charge in [-0.2, -0.15) is 0 Å². The maximum absolute atomic E-state index is 10.6. The number of carbonyl (C=O) groups is 1. The Hall–Kier alpha value is -2.66. The van der Waals surface area contributed by atoms with Gasteiger partial charge in [0, 0.05) is 23.3 Å². The van der Waals surface area contributed by atoms with Crippen LogP contribution >= 0.6 is 11.3 Å². The number of hydrogen-bond acceptors (Lipinski definition) is 5. The van der Waals surface area contributed by atoms with Gasteiger partial charge in [0.1, 0.15) is 17.4 Å². The first kappa shape index (κ1) is 16.2. The zero-order chi connectivity index (χ0) is 16.9. The summed E-state index contributed by atoms with van der Waals surface area (Å²) in [4.78, 5) is 14.9. The fraction of sp³-hybridized carbons (Fsp3) is 0.158. The number of rotatable bonds is 6. The third-order valence-electron chi connectivity index (χ3n) is 3.50. The fourth-order valence-electron chi connectivity index (χ4n) is 2.21. The van der Waals surface area contributed by atoms with Gasteiger partial charge in [0.05, 0.1) is 5.69 Å². The Morgan fingerprint density at radius 1 is 1.12 bits per heavy atom. The predicted octanol–water partition coefficient (Wildman–Crippen LogP) is 2.99. The van der Waals surface area contributed by atoms with Crippen LogP contribution in [0.5, 0.6) is 5.75 Å². The number of hydrogen-bond donors (Lipinski definition) is 0. The van der Waals surface area contributed by atoms with Gasteiger partial charge in [-0.1, -0.05) is 42.0 Å². The Balaban J connectivity index is 1.63. The van der Waals surface area contributed by atoms with Crippen LogP contribution in [-0.4, -0.2) is 11.0 Å². The predicted molar refractivity (Wildman–Crippen MR) is 91.8 cm³/mol. The number of aromatic nitrogens is 1. The highest BCUT2D eigenvalue weighted by atomic mass is 32.1. The zero-order valence-corrected chi connectivity index (χ0v) is 14.0. The van der Waals surface area contributed by atoms with Gasteiger partial charge in [-0.05, 0) is 24.6 Å². The first-order valence-corrected chi connectivity index (χ1v) is 8.41. The summed E-state index contributed by atoms with van der Waals surface area (Å²) in [6.45, 7) is 2.54. The molecule has 0 N–H and O–H groups in total. The lowest BCUT2D eigenvalue weighted by molar-refractivity contribution is -0.304. The SMILES string of the molecule is Cc1ccc(OCc2ccc(-c3nc(CC(=O)[O-])cs3)cc2)cc1. The number of carboxylic acid groups (broad SMARTS) is 1. The number of aryl methyl sites for hydroxylation is 1. The highest BCUT2D eigenvalue weighted by Crippen LogP contribution is 2.24. The van der Waals surface area contributed by atoms with Crippen molar-refractivity contribution < 1.29 is 14.6 Å². The molecule has 0 unspecified atom stereocenters. The second kappa shape index (κ2) is 7.27. The molecule has 122 valence electrons. The first-order valence-electron chi connectivity index (χ1n) is 7.53. The molecule has 4 nitrogen and oxygen atoms in total. The molecule has 0 radical (unpaired) electrons. The summed E-state index contributed by atoms with van der Waals surface area (Å²) in [6, 6.07) is 15.9. The molecule has 0 bridgehead atoms. The molecule has 24 heavy (non-hydrogen) atoms. The van der Waals surface area contributed by atoms with Crippen molar-refractivity contribution in [1.82, 2.24) is 4.98 Å². The Labute approximate surface area is 144 Å². The van der Waals surface area contributed by atoms with E-state index in [0.29, 0.717) is 12.3 Å². The summed E-state index contributed by atoms with van der Waals surface area (Å²) >= 11 is 1.43. The van der Waals surface area contributed by atoms with Gasteiger partial charge in [0.15, 0.2) is 0 Å². The molecule has 0 fully saturated rings. The van der Waals surface area contributed by atoms with Crippen molar-refractivity contribution in [1.29, 1.82) is 0 Å². The van der Waals surface area contributed by atoms with Crippen LogP contribution in [0.2, 0.25) is 0 Å². The van der Waals surface area contributed by atoms with Crippen molar-refractivity contribution in [2.45, 2.75) is 20.0 Å². The minimum Gasteiger partial charge on any atom is -0.550 e. The molecule has 0 spiro atoms. The number of ether oxygens (including phenoxy) is 1. The lowest BCUT2D eigenvalue weighted by atomic mass is 10.1. The Morgan fingerprint density at radius 3 is 2.50 bits per heavy atom.